The Balaban J connectivity index is 4.07. The number of ketones is 1. The summed E-state index contributed by atoms with van der Waals surface area (Å²) in [6, 6.07) is 0. The molecule has 0 aromatic carbocycles. The van der Waals surface area contributed by atoms with Crippen LogP contribution in [0.25, 0.3) is 0 Å². The van der Waals surface area contributed by atoms with Crippen molar-refractivity contribution in [2.24, 2.45) is 0 Å². The molecule has 0 aliphatic carbocycles. The Morgan fingerprint density at radius 1 is 1.06 bits per heavy atom. The van der Waals surface area contributed by atoms with E-state index in [4.69, 9.17) is 0 Å². The fraction of sp³-hybridized carbons (Fsp3) is 0.923. The molecule has 0 unspecified atom stereocenters. The Hall–Kier alpha value is 0.370. The molecular formula is C13H26OS2. The molecule has 3 heteroatoms. The molecule has 16 heavy (non-hydrogen) atoms. The van der Waals surface area contributed by atoms with Crippen molar-refractivity contribution in [1.29, 1.82) is 0 Å². The highest BCUT2D eigenvalue weighted by molar-refractivity contribution is 8.18. The van der Waals surface area contributed by atoms with Crippen LogP contribution in [0.3, 0.4) is 0 Å². The lowest BCUT2D eigenvalue weighted by atomic mass is 10.2. The number of carbonyl (C=O) groups is 1. The molecule has 0 spiro atoms. The quantitative estimate of drug-likeness (QED) is 0.418. The molecule has 0 saturated heterocycles. The molecule has 0 aliphatic rings. The summed E-state index contributed by atoms with van der Waals surface area (Å²) in [6.07, 6.45) is 5.69. The Kier molecular flexibility index (Phi) is 9.62. The van der Waals surface area contributed by atoms with Crippen LogP contribution in [0.4, 0.5) is 0 Å². The molecule has 0 aliphatic heterocycles. The predicted octanol–water partition coefficient (Wildman–Crippen LogP) is 4.75. The maximum atomic E-state index is 11.3. The second-order valence-electron chi connectivity index (χ2n) is 4.42. The standard InChI is InChI=1S/C13H26OS2/c1-5-7-9-15-13(4,11-12(3)14)16-10-8-6-2/h5-11H2,1-4H3. The first kappa shape index (κ1) is 16.4. The van der Waals surface area contributed by atoms with Crippen molar-refractivity contribution < 1.29 is 4.79 Å². The fourth-order valence-corrected chi connectivity index (χ4v) is 4.63. The highest BCUT2D eigenvalue weighted by atomic mass is 32.2. The van der Waals surface area contributed by atoms with Gasteiger partial charge in [0.25, 0.3) is 0 Å². The second kappa shape index (κ2) is 9.41. The molecule has 0 N–H and O–H groups in total. The molecule has 0 rings (SSSR count). The van der Waals surface area contributed by atoms with Crippen molar-refractivity contribution in [3.8, 4) is 0 Å². The minimum atomic E-state index is 0.107. The second-order valence-corrected chi connectivity index (χ2v) is 7.87. The first-order valence-corrected chi connectivity index (χ1v) is 8.28. The van der Waals surface area contributed by atoms with E-state index < -0.39 is 0 Å². The number of Topliss-reactive ketones (excluding diaryl/α,β-unsaturated/α-hetero) is 1. The SMILES string of the molecule is CCCCSC(C)(CC(C)=O)SCCCC. The number of carbonyl (C=O) groups excluding carboxylic acids is 1. The van der Waals surface area contributed by atoms with Gasteiger partial charge in [-0.1, -0.05) is 26.7 Å². The average molecular weight is 262 g/mol. The van der Waals surface area contributed by atoms with Gasteiger partial charge in [-0.25, -0.2) is 0 Å². The maximum absolute atomic E-state index is 11.3. The summed E-state index contributed by atoms with van der Waals surface area (Å²) in [7, 11) is 0. The van der Waals surface area contributed by atoms with Gasteiger partial charge in [0.1, 0.15) is 5.78 Å². The Bertz CT molecular complexity index is 182. The first-order chi connectivity index (χ1) is 7.54. The van der Waals surface area contributed by atoms with Gasteiger partial charge in [-0.15, -0.1) is 23.5 Å². The minimum absolute atomic E-state index is 0.107. The molecule has 0 aromatic rings. The molecule has 0 saturated carbocycles. The van der Waals surface area contributed by atoms with Crippen LogP contribution in [0.1, 0.15) is 59.8 Å². The van der Waals surface area contributed by atoms with Crippen molar-refractivity contribution in [2.75, 3.05) is 11.5 Å². The summed E-state index contributed by atoms with van der Waals surface area (Å²) in [5, 5.41) is 0. The molecule has 0 bridgehead atoms. The van der Waals surface area contributed by atoms with Crippen LogP contribution in [0.5, 0.6) is 0 Å². The summed E-state index contributed by atoms with van der Waals surface area (Å²) in [5.41, 5.74) is 0. The van der Waals surface area contributed by atoms with E-state index in [-0.39, 0.29) is 4.08 Å². The van der Waals surface area contributed by atoms with Crippen LogP contribution in [-0.4, -0.2) is 21.4 Å². The topological polar surface area (TPSA) is 17.1 Å². The molecule has 0 heterocycles. The Morgan fingerprint density at radius 2 is 1.50 bits per heavy atom. The van der Waals surface area contributed by atoms with E-state index in [1.165, 1.54) is 37.2 Å². The molecule has 0 aromatic heterocycles. The Morgan fingerprint density at radius 3 is 1.81 bits per heavy atom. The molecule has 0 atom stereocenters. The normalized spacial score (nSPS) is 11.8. The van der Waals surface area contributed by atoms with Gasteiger partial charge >= 0.3 is 0 Å². The molecule has 96 valence electrons. The number of thioether (sulfide) groups is 2. The zero-order chi connectivity index (χ0) is 12.4. The van der Waals surface area contributed by atoms with Crippen LogP contribution < -0.4 is 0 Å². The smallest absolute Gasteiger partial charge is 0.132 e. The van der Waals surface area contributed by atoms with Gasteiger partial charge in [0.15, 0.2) is 0 Å². The summed E-state index contributed by atoms with van der Waals surface area (Å²) >= 11 is 3.94. The van der Waals surface area contributed by atoms with Gasteiger partial charge in [0.2, 0.25) is 0 Å². The molecule has 1 nitrogen and oxygen atoms in total. The van der Waals surface area contributed by atoms with Gasteiger partial charge < -0.3 is 0 Å². The number of hydrogen-bond acceptors (Lipinski definition) is 3. The van der Waals surface area contributed by atoms with Crippen LogP contribution in [-0.2, 0) is 4.79 Å². The van der Waals surface area contributed by atoms with Crippen molar-refractivity contribution in [3.63, 3.8) is 0 Å². The van der Waals surface area contributed by atoms with E-state index in [1.807, 2.05) is 23.5 Å². The lowest BCUT2D eigenvalue weighted by molar-refractivity contribution is -0.117. The fourth-order valence-electron chi connectivity index (χ4n) is 1.46. The summed E-state index contributed by atoms with van der Waals surface area (Å²) in [6.45, 7) is 8.37. The van der Waals surface area contributed by atoms with E-state index in [9.17, 15) is 4.79 Å². The average Bonchev–Trinajstić information content (AvgIpc) is 2.17. The number of unbranched alkanes of at least 4 members (excludes halogenated alkanes) is 2. The summed E-state index contributed by atoms with van der Waals surface area (Å²) in [5.74, 6) is 2.68. The molecule has 0 fully saturated rings. The highest BCUT2D eigenvalue weighted by Crippen LogP contribution is 2.41. The first-order valence-electron chi connectivity index (χ1n) is 6.31. The van der Waals surface area contributed by atoms with E-state index in [1.54, 1.807) is 6.92 Å². The van der Waals surface area contributed by atoms with Crippen molar-refractivity contribution in [1.82, 2.24) is 0 Å². The van der Waals surface area contributed by atoms with E-state index in [0.717, 1.165) is 0 Å². The Labute approximate surface area is 110 Å². The third kappa shape index (κ3) is 8.51. The van der Waals surface area contributed by atoms with Crippen molar-refractivity contribution in [3.05, 3.63) is 0 Å². The van der Waals surface area contributed by atoms with E-state index in [2.05, 4.69) is 20.8 Å². The number of hydrogen-bond donors (Lipinski definition) is 0. The zero-order valence-electron chi connectivity index (χ0n) is 11.2. The van der Waals surface area contributed by atoms with Gasteiger partial charge in [-0.3, -0.25) is 4.79 Å². The third-order valence-corrected chi connectivity index (χ3v) is 5.58. The minimum Gasteiger partial charge on any atom is -0.300 e. The van der Waals surface area contributed by atoms with E-state index in [0.29, 0.717) is 12.2 Å². The van der Waals surface area contributed by atoms with Gasteiger partial charge in [0.05, 0.1) is 4.08 Å². The highest BCUT2D eigenvalue weighted by Gasteiger charge is 2.26. The van der Waals surface area contributed by atoms with Crippen LogP contribution in [0, 0.1) is 0 Å². The summed E-state index contributed by atoms with van der Waals surface area (Å²) < 4.78 is 0.107. The summed E-state index contributed by atoms with van der Waals surface area (Å²) in [4.78, 5) is 11.3. The molecule has 0 amide bonds. The monoisotopic (exact) mass is 262 g/mol. The van der Waals surface area contributed by atoms with Crippen LogP contribution in [0.15, 0.2) is 0 Å². The van der Waals surface area contributed by atoms with Gasteiger partial charge in [0, 0.05) is 6.42 Å². The van der Waals surface area contributed by atoms with E-state index >= 15 is 0 Å². The van der Waals surface area contributed by atoms with Gasteiger partial charge in [-0.05, 0) is 38.2 Å². The lowest BCUT2D eigenvalue weighted by Crippen LogP contribution is -2.20. The molecular weight excluding hydrogens is 236 g/mol. The van der Waals surface area contributed by atoms with Crippen LogP contribution >= 0.6 is 23.5 Å². The molecule has 0 radical (unpaired) electrons. The third-order valence-electron chi connectivity index (χ3n) is 2.38. The van der Waals surface area contributed by atoms with Gasteiger partial charge in [-0.2, -0.15) is 0 Å². The predicted molar refractivity (Wildman–Crippen MR) is 78.4 cm³/mol. The zero-order valence-corrected chi connectivity index (χ0v) is 12.8. The van der Waals surface area contributed by atoms with Crippen LogP contribution in [0.2, 0.25) is 0 Å². The maximum Gasteiger partial charge on any atom is 0.132 e. The number of rotatable bonds is 10. The van der Waals surface area contributed by atoms with Crippen molar-refractivity contribution in [2.45, 2.75) is 63.9 Å². The van der Waals surface area contributed by atoms with Crippen molar-refractivity contribution >= 4 is 29.3 Å². The largest absolute Gasteiger partial charge is 0.300 e. The lowest BCUT2D eigenvalue weighted by Gasteiger charge is -2.27.